The van der Waals surface area contributed by atoms with Gasteiger partial charge in [-0.2, -0.15) is 5.10 Å². The molecule has 4 heteroatoms. The van der Waals surface area contributed by atoms with Crippen LogP contribution in [0, 0.1) is 0 Å². The van der Waals surface area contributed by atoms with E-state index < -0.39 is 0 Å². The van der Waals surface area contributed by atoms with Crippen LogP contribution in [0.2, 0.25) is 0 Å². The fraction of sp³-hybridized carbons (Fsp3) is 0.786. The van der Waals surface area contributed by atoms with Gasteiger partial charge in [0.05, 0.1) is 5.69 Å². The molecule has 4 nitrogen and oxygen atoms in total. The molecule has 1 saturated heterocycles. The van der Waals surface area contributed by atoms with Crippen LogP contribution in [0.25, 0.3) is 0 Å². The van der Waals surface area contributed by atoms with Crippen LogP contribution in [0.15, 0.2) is 12.3 Å². The minimum Gasteiger partial charge on any atom is -0.313 e. The molecule has 2 heterocycles. The fourth-order valence-electron chi connectivity index (χ4n) is 2.91. The highest BCUT2D eigenvalue weighted by molar-refractivity contribution is 5.06. The molecule has 2 atom stereocenters. The van der Waals surface area contributed by atoms with Crippen molar-refractivity contribution in [2.24, 2.45) is 7.05 Å². The van der Waals surface area contributed by atoms with Crippen molar-refractivity contribution in [2.75, 3.05) is 19.6 Å². The van der Waals surface area contributed by atoms with Crippen molar-refractivity contribution in [3.63, 3.8) is 0 Å². The van der Waals surface area contributed by atoms with E-state index in [-0.39, 0.29) is 0 Å². The molecule has 1 aliphatic heterocycles. The Hall–Kier alpha value is -0.870. The predicted octanol–water partition coefficient (Wildman–Crippen LogP) is 1.95. The van der Waals surface area contributed by atoms with E-state index in [0.717, 1.165) is 13.1 Å². The highest BCUT2D eigenvalue weighted by Gasteiger charge is 2.23. The second kappa shape index (κ2) is 6.34. The van der Waals surface area contributed by atoms with Gasteiger partial charge in [-0.3, -0.25) is 9.58 Å². The smallest absolute Gasteiger partial charge is 0.0549 e. The van der Waals surface area contributed by atoms with Crippen LogP contribution in [0.4, 0.5) is 0 Å². The number of hydrogen-bond donors (Lipinski definition) is 1. The van der Waals surface area contributed by atoms with Gasteiger partial charge in [0, 0.05) is 31.9 Å². The quantitative estimate of drug-likeness (QED) is 0.837. The van der Waals surface area contributed by atoms with E-state index in [0.29, 0.717) is 12.1 Å². The summed E-state index contributed by atoms with van der Waals surface area (Å²) < 4.78 is 2.00. The lowest BCUT2D eigenvalue weighted by molar-refractivity contribution is 0.186. The highest BCUT2D eigenvalue weighted by Crippen LogP contribution is 2.21. The Morgan fingerprint density at radius 1 is 1.61 bits per heavy atom. The number of aromatic nitrogens is 2. The Morgan fingerprint density at radius 3 is 3.00 bits per heavy atom. The van der Waals surface area contributed by atoms with E-state index >= 15 is 0 Å². The van der Waals surface area contributed by atoms with Gasteiger partial charge in [-0.05, 0) is 45.3 Å². The standard InChI is InChI=1S/C14H26N4/c1-4-10-18(11-13-6-5-8-15-13)12(2)14-7-9-16-17(14)3/h7,9,12-13,15H,4-6,8,10-11H2,1-3H3. The van der Waals surface area contributed by atoms with Crippen molar-refractivity contribution in [3.05, 3.63) is 18.0 Å². The lowest BCUT2D eigenvalue weighted by atomic mass is 10.1. The van der Waals surface area contributed by atoms with Gasteiger partial charge < -0.3 is 5.32 Å². The first-order chi connectivity index (χ1) is 8.72. The van der Waals surface area contributed by atoms with Gasteiger partial charge in [0.15, 0.2) is 0 Å². The zero-order valence-electron chi connectivity index (χ0n) is 11.9. The van der Waals surface area contributed by atoms with Gasteiger partial charge in [-0.15, -0.1) is 0 Å². The number of aryl methyl sites for hydroxylation is 1. The minimum absolute atomic E-state index is 0.444. The van der Waals surface area contributed by atoms with Gasteiger partial charge >= 0.3 is 0 Å². The van der Waals surface area contributed by atoms with Crippen molar-refractivity contribution in [3.8, 4) is 0 Å². The zero-order valence-corrected chi connectivity index (χ0v) is 11.9. The van der Waals surface area contributed by atoms with Crippen molar-refractivity contribution in [1.29, 1.82) is 0 Å². The van der Waals surface area contributed by atoms with Crippen LogP contribution in [-0.2, 0) is 7.05 Å². The van der Waals surface area contributed by atoms with Gasteiger partial charge in [-0.25, -0.2) is 0 Å². The van der Waals surface area contributed by atoms with Crippen molar-refractivity contribution < 1.29 is 0 Å². The lowest BCUT2D eigenvalue weighted by Gasteiger charge is -2.31. The van der Waals surface area contributed by atoms with Crippen LogP contribution in [-0.4, -0.2) is 40.4 Å². The summed E-state index contributed by atoms with van der Waals surface area (Å²) in [6, 6.07) is 3.25. The molecule has 0 bridgehead atoms. The van der Waals surface area contributed by atoms with Gasteiger partial charge in [-0.1, -0.05) is 6.92 Å². The van der Waals surface area contributed by atoms with Crippen LogP contribution in [0.1, 0.15) is 44.8 Å². The molecule has 0 saturated carbocycles. The van der Waals surface area contributed by atoms with E-state index in [1.165, 1.54) is 31.5 Å². The summed E-state index contributed by atoms with van der Waals surface area (Å²) in [5.74, 6) is 0. The molecule has 1 fully saturated rings. The van der Waals surface area contributed by atoms with Gasteiger partial charge in [0.2, 0.25) is 0 Å². The third kappa shape index (κ3) is 3.12. The SMILES string of the molecule is CCCN(CC1CCCN1)C(C)c1ccnn1C. The Balaban J connectivity index is 2.01. The molecule has 2 rings (SSSR count). The first-order valence-electron chi connectivity index (χ1n) is 7.17. The van der Waals surface area contributed by atoms with E-state index in [9.17, 15) is 0 Å². The second-order valence-corrected chi connectivity index (χ2v) is 5.34. The number of nitrogens with one attached hydrogen (secondary N) is 1. The van der Waals surface area contributed by atoms with Crippen molar-refractivity contribution in [2.45, 2.75) is 45.2 Å². The van der Waals surface area contributed by atoms with Crippen LogP contribution < -0.4 is 5.32 Å². The molecule has 0 spiro atoms. The summed E-state index contributed by atoms with van der Waals surface area (Å²) in [4.78, 5) is 2.58. The third-order valence-electron chi connectivity index (χ3n) is 3.96. The van der Waals surface area contributed by atoms with E-state index in [1.807, 2.05) is 17.9 Å². The summed E-state index contributed by atoms with van der Waals surface area (Å²) in [5, 5.41) is 7.88. The molecule has 0 aliphatic carbocycles. The maximum absolute atomic E-state index is 4.29. The molecule has 1 aliphatic rings. The Labute approximate surface area is 110 Å². The molecule has 2 unspecified atom stereocenters. The lowest BCUT2D eigenvalue weighted by Crippen LogP contribution is -2.39. The largest absolute Gasteiger partial charge is 0.313 e. The summed E-state index contributed by atoms with van der Waals surface area (Å²) >= 11 is 0. The average molecular weight is 250 g/mol. The number of hydrogen-bond acceptors (Lipinski definition) is 3. The number of rotatable bonds is 6. The molecule has 0 radical (unpaired) electrons. The summed E-state index contributed by atoms with van der Waals surface area (Å²) in [5.41, 5.74) is 1.31. The molecule has 1 N–H and O–H groups in total. The first kappa shape index (κ1) is 13.6. The van der Waals surface area contributed by atoms with E-state index in [1.54, 1.807) is 0 Å². The topological polar surface area (TPSA) is 33.1 Å². The van der Waals surface area contributed by atoms with Crippen molar-refractivity contribution in [1.82, 2.24) is 20.0 Å². The molecule has 102 valence electrons. The molecular formula is C14H26N4. The van der Waals surface area contributed by atoms with E-state index in [4.69, 9.17) is 0 Å². The summed E-state index contributed by atoms with van der Waals surface area (Å²) in [6.45, 7) is 8.04. The Bertz CT molecular complexity index is 354. The molecule has 18 heavy (non-hydrogen) atoms. The Morgan fingerprint density at radius 2 is 2.44 bits per heavy atom. The first-order valence-corrected chi connectivity index (χ1v) is 7.17. The van der Waals surface area contributed by atoms with Crippen LogP contribution in [0.3, 0.4) is 0 Å². The predicted molar refractivity (Wildman–Crippen MR) is 74.5 cm³/mol. The second-order valence-electron chi connectivity index (χ2n) is 5.34. The maximum Gasteiger partial charge on any atom is 0.0549 e. The maximum atomic E-state index is 4.29. The Kier molecular flexibility index (Phi) is 4.78. The van der Waals surface area contributed by atoms with Gasteiger partial charge in [0.1, 0.15) is 0 Å². The normalized spacial score (nSPS) is 21.7. The highest BCUT2D eigenvalue weighted by atomic mass is 15.3. The zero-order chi connectivity index (χ0) is 13.0. The summed E-state index contributed by atoms with van der Waals surface area (Å²) in [6.07, 6.45) is 5.74. The minimum atomic E-state index is 0.444. The number of nitrogens with zero attached hydrogens (tertiary/aromatic N) is 3. The van der Waals surface area contributed by atoms with Gasteiger partial charge in [0.25, 0.3) is 0 Å². The molecule has 1 aromatic heterocycles. The van der Waals surface area contributed by atoms with Crippen molar-refractivity contribution >= 4 is 0 Å². The summed E-state index contributed by atoms with van der Waals surface area (Å²) in [7, 11) is 2.03. The average Bonchev–Trinajstić information content (AvgIpc) is 2.99. The third-order valence-corrected chi connectivity index (χ3v) is 3.96. The van der Waals surface area contributed by atoms with Crippen LogP contribution in [0.5, 0.6) is 0 Å². The van der Waals surface area contributed by atoms with E-state index in [2.05, 4.69) is 35.2 Å². The molecule has 1 aromatic rings. The van der Waals surface area contributed by atoms with Crippen LogP contribution >= 0.6 is 0 Å². The monoisotopic (exact) mass is 250 g/mol. The molecule has 0 aromatic carbocycles. The fourth-order valence-corrected chi connectivity index (χ4v) is 2.91. The molecule has 0 amide bonds. The molecular weight excluding hydrogens is 224 g/mol.